The van der Waals surface area contributed by atoms with E-state index in [1.54, 1.807) is 6.20 Å². The van der Waals surface area contributed by atoms with Crippen molar-refractivity contribution in [1.29, 1.82) is 0 Å². The second-order valence-electron chi connectivity index (χ2n) is 7.99. The summed E-state index contributed by atoms with van der Waals surface area (Å²) < 4.78 is 43.7. The van der Waals surface area contributed by atoms with Crippen molar-refractivity contribution in [2.75, 3.05) is 10.6 Å². The lowest BCUT2D eigenvalue weighted by atomic mass is 9.93. The predicted octanol–water partition coefficient (Wildman–Crippen LogP) is 4.89. The first-order valence-corrected chi connectivity index (χ1v) is 10.1. The van der Waals surface area contributed by atoms with Crippen LogP contribution in [0.4, 0.5) is 30.6 Å². The van der Waals surface area contributed by atoms with E-state index in [9.17, 15) is 18.3 Å². The van der Waals surface area contributed by atoms with Gasteiger partial charge in [0.1, 0.15) is 22.8 Å². The second-order valence-corrected chi connectivity index (χ2v) is 7.99. The molecule has 1 fully saturated rings. The quantitative estimate of drug-likeness (QED) is 0.549. The first-order valence-electron chi connectivity index (χ1n) is 10.1. The van der Waals surface area contributed by atoms with Crippen LogP contribution in [0.3, 0.4) is 0 Å². The molecule has 0 unspecified atom stereocenters. The number of hydrogen-bond donors (Lipinski definition) is 3. The molecule has 160 valence electrons. The van der Waals surface area contributed by atoms with Crippen LogP contribution >= 0.6 is 0 Å². The van der Waals surface area contributed by atoms with Crippen molar-refractivity contribution in [1.82, 2.24) is 14.5 Å². The normalized spacial score (nSPS) is 19.4. The maximum Gasteiger partial charge on any atom is 0.208 e. The summed E-state index contributed by atoms with van der Waals surface area (Å²) in [6, 6.07) is 3.27. The molecular formula is C21H24F3N5O. The molecule has 6 nitrogen and oxygen atoms in total. The zero-order chi connectivity index (χ0) is 21.4. The molecule has 2 heterocycles. The van der Waals surface area contributed by atoms with Crippen LogP contribution < -0.4 is 10.6 Å². The van der Waals surface area contributed by atoms with Crippen molar-refractivity contribution in [2.45, 2.75) is 57.7 Å². The lowest BCUT2D eigenvalue weighted by molar-refractivity contribution is 0.112. The summed E-state index contributed by atoms with van der Waals surface area (Å²) in [7, 11) is 0. The number of imidazole rings is 1. The van der Waals surface area contributed by atoms with Crippen LogP contribution in [-0.2, 0) is 0 Å². The first-order chi connectivity index (χ1) is 14.3. The van der Waals surface area contributed by atoms with Gasteiger partial charge in [0, 0.05) is 30.3 Å². The van der Waals surface area contributed by atoms with Gasteiger partial charge in [-0.05, 0) is 39.5 Å². The molecule has 1 saturated carbocycles. The van der Waals surface area contributed by atoms with Gasteiger partial charge in [-0.3, -0.25) is 0 Å². The number of rotatable bonds is 5. The van der Waals surface area contributed by atoms with Crippen LogP contribution in [0, 0.1) is 17.5 Å². The van der Waals surface area contributed by atoms with Crippen LogP contribution in [0.2, 0.25) is 0 Å². The Balaban J connectivity index is 1.81. The lowest BCUT2D eigenvalue weighted by Gasteiger charge is -2.28. The predicted molar refractivity (Wildman–Crippen MR) is 109 cm³/mol. The molecule has 3 aromatic rings. The molecule has 30 heavy (non-hydrogen) atoms. The third-order valence-electron chi connectivity index (χ3n) is 5.29. The Kier molecular flexibility index (Phi) is 5.55. The molecule has 0 bridgehead atoms. The van der Waals surface area contributed by atoms with E-state index >= 15 is 0 Å². The van der Waals surface area contributed by atoms with Crippen molar-refractivity contribution in [2.24, 2.45) is 0 Å². The van der Waals surface area contributed by atoms with Gasteiger partial charge < -0.3 is 20.3 Å². The number of pyridine rings is 1. The zero-order valence-electron chi connectivity index (χ0n) is 16.8. The van der Waals surface area contributed by atoms with E-state index in [1.807, 2.05) is 24.5 Å². The highest BCUT2D eigenvalue weighted by Gasteiger charge is 2.26. The maximum absolute atomic E-state index is 14.3. The van der Waals surface area contributed by atoms with Crippen LogP contribution in [0.25, 0.3) is 11.0 Å². The number of aromatic nitrogens is 3. The Morgan fingerprint density at radius 3 is 2.37 bits per heavy atom. The molecule has 0 atom stereocenters. The van der Waals surface area contributed by atoms with Crippen LogP contribution in [0.15, 0.2) is 24.4 Å². The minimum Gasteiger partial charge on any atom is -0.393 e. The van der Waals surface area contributed by atoms with E-state index in [-0.39, 0.29) is 24.1 Å². The average molecular weight is 419 g/mol. The van der Waals surface area contributed by atoms with Gasteiger partial charge in [0.05, 0.1) is 17.8 Å². The monoisotopic (exact) mass is 419 g/mol. The summed E-state index contributed by atoms with van der Waals surface area (Å²) in [5, 5.41) is 15.9. The number of fused-ring (bicyclic) bond motifs is 1. The molecule has 3 N–H and O–H groups in total. The highest BCUT2D eigenvalue weighted by molar-refractivity contribution is 5.81. The molecule has 0 radical (unpaired) electrons. The SMILES string of the molecule is CC(C)Nc1cc2c(cn1)nc(Nc1c(F)cc(F)cc1F)n2C1CCC(O)CC1. The van der Waals surface area contributed by atoms with E-state index in [2.05, 4.69) is 20.6 Å². The summed E-state index contributed by atoms with van der Waals surface area (Å²) in [6.07, 6.45) is 3.92. The van der Waals surface area contributed by atoms with E-state index in [1.165, 1.54) is 0 Å². The Labute approximate surface area is 172 Å². The van der Waals surface area contributed by atoms with Gasteiger partial charge >= 0.3 is 0 Å². The van der Waals surface area contributed by atoms with Gasteiger partial charge in [-0.25, -0.2) is 23.1 Å². The average Bonchev–Trinajstić information content (AvgIpc) is 3.02. The van der Waals surface area contributed by atoms with Crippen molar-refractivity contribution in [3.05, 3.63) is 41.8 Å². The molecule has 1 aliphatic carbocycles. The minimum absolute atomic E-state index is 0.0122. The first kappa shape index (κ1) is 20.5. The molecule has 0 saturated heterocycles. The number of halogens is 3. The third kappa shape index (κ3) is 4.07. The van der Waals surface area contributed by atoms with E-state index in [0.29, 0.717) is 49.2 Å². The lowest BCUT2D eigenvalue weighted by Crippen LogP contribution is -2.22. The maximum atomic E-state index is 14.3. The number of aliphatic hydroxyl groups is 1. The van der Waals surface area contributed by atoms with Crippen molar-refractivity contribution < 1.29 is 18.3 Å². The molecular weight excluding hydrogens is 395 g/mol. The molecule has 0 aliphatic heterocycles. The minimum atomic E-state index is -1.04. The molecule has 0 spiro atoms. The molecule has 2 aromatic heterocycles. The fourth-order valence-electron chi connectivity index (χ4n) is 3.92. The number of anilines is 3. The Morgan fingerprint density at radius 2 is 1.73 bits per heavy atom. The van der Waals surface area contributed by atoms with Crippen LogP contribution in [-0.4, -0.2) is 31.8 Å². The van der Waals surface area contributed by atoms with Crippen LogP contribution in [0.5, 0.6) is 0 Å². The fraction of sp³-hybridized carbons (Fsp3) is 0.429. The van der Waals surface area contributed by atoms with Gasteiger partial charge in [0.2, 0.25) is 5.95 Å². The second kappa shape index (κ2) is 8.14. The van der Waals surface area contributed by atoms with Crippen molar-refractivity contribution in [3.8, 4) is 0 Å². The van der Waals surface area contributed by atoms with Crippen molar-refractivity contribution in [3.63, 3.8) is 0 Å². The highest BCUT2D eigenvalue weighted by Crippen LogP contribution is 2.36. The molecule has 1 aliphatic rings. The van der Waals surface area contributed by atoms with E-state index < -0.39 is 23.1 Å². The van der Waals surface area contributed by atoms with Crippen molar-refractivity contribution >= 4 is 28.5 Å². The Bertz CT molecular complexity index is 1040. The standard InChI is InChI=1S/C21H24F3N5O/c1-11(2)26-19-9-18-17(10-25-19)27-21(29(18)13-3-5-14(30)6-4-13)28-20-15(23)7-12(22)8-16(20)24/h7-11,13-14,30H,3-6H2,1-2H3,(H,25,26)(H,27,28). The van der Waals surface area contributed by atoms with E-state index in [0.717, 1.165) is 5.52 Å². The number of hydrogen-bond acceptors (Lipinski definition) is 5. The molecule has 4 rings (SSSR count). The highest BCUT2D eigenvalue weighted by atomic mass is 19.1. The van der Waals surface area contributed by atoms with Gasteiger partial charge in [-0.1, -0.05) is 0 Å². The number of nitrogens with one attached hydrogen (secondary N) is 2. The molecule has 0 amide bonds. The summed E-state index contributed by atoms with van der Waals surface area (Å²) in [4.78, 5) is 8.86. The number of aliphatic hydroxyl groups excluding tert-OH is 1. The summed E-state index contributed by atoms with van der Waals surface area (Å²) in [6.45, 7) is 4.00. The fourth-order valence-corrected chi connectivity index (χ4v) is 3.92. The van der Waals surface area contributed by atoms with Gasteiger partial charge in [-0.2, -0.15) is 0 Å². The third-order valence-corrected chi connectivity index (χ3v) is 5.29. The van der Waals surface area contributed by atoms with Gasteiger partial charge in [0.15, 0.2) is 11.6 Å². The Morgan fingerprint density at radius 1 is 1.07 bits per heavy atom. The Hall–Kier alpha value is -2.81. The zero-order valence-corrected chi connectivity index (χ0v) is 16.8. The molecule has 1 aromatic carbocycles. The van der Waals surface area contributed by atoms with Gasteiger partial charge in [0.25, 0.3) is 0 Å². The summed E-state index contributed by atoms with van der Waals surface area (Å²) >= 11 is 0. The largest absolute Gasteiger partial charge is 0.393 e. The number of nitrogens with zero attached hydrogens (tertiary/aromatic N) is 3. The van der Waals surface area contributed by atoms with Gasteiger partial charge in [-0.15, -0.1) is 0 Å². The van der Waals surface area contributed by atoms with Crippen LogP contribution in [0.1, 0.15) is 45.6 Å². The topological polar surface area (TPSA) is 75.0 Å². The summed E-state index contributed by atoms with van der Waals surface area (Å²) in [5.41, 5.74) is 0.873. The number of benzene rings is 1. The molecule has 9 heteroatoms. The van der Waals surface area contributed by atoms with E-state index in [4.69, 9.17) is 0 Å². The smallest absolute Gasteiger partial charge is 0.208 e. The summed E-state index contributed by atoms with van der Waals surface area (Å²) in [5.74, 6) is -2.14.